The van der Waals surface area contributed by atoms with Crippen molar-refractivity contribution in [2.45, 2.75) is 19.9 Å². The molecule has 3 heteroatoms. The Morgan fingerprint density at radius 3 is 3.06 bits per heavy atom. The Morgan fingerprint density at radius 1 is 1.47 bits per heavy atom. The number of rotatable bonds is 5. The molecule has 1 aromatic rings. The minimum atomic E-state index is -0.151. The number of nitrogens with zero attached hydrogens (tertiary/aromatic N) is 1. The van der Waals surface area contributed by atoms with E-state index in [1.807, 2.05) is 6.07 Å². The molecule has 1 atom stereocenters. The lowest BCUT2D eigenvalue weighted by atomic mass is 10.1. The first-order chi connectivity index (χ1) is 8.28. The van der Waals surface area contributed by atoms with Crippen LogP contribution in [0.2, 0.25) is 0 Å². The molecule has 1 N–H and O–H groups in total. The van der Waals surface area contributed by atoms with Crippen molar-refractivity contribution in [1.82, 2.24) is 10.2 Å². The van der Waals surface area contributed by atoms with Crippen LogP contribution in [0.15, 0.2) is 24.3 Å². The fourth-order valence-electron chi connectivity index (χ4n) is 2.43. The van der Waals surface area contributed by atoms with E-state index in [0.717, 1.165) is 31.1 Å². The van der Waals surface area contributed by atoms with Crippen LogP contribution in [-0.4, -0.2) is 31.1 Å². The third kappa shape index (κ3) is 3.79. The van der Waals surface area contributed by atoms with E-state index in [2.05, 4.69) is 17.1 Å². The van der Waals surface area contributed by atoms with Gasteiger partial charge in [0.15, 0.2) is 0 Å². The highest BCUT2D eigenvalue weighted by Crippen LogP contribution is 2.14. The largest absolute Gasteiger partial charge is 0.312 e. The lowest BCUT2D eigenvalue weighted by Crippen LogP contribution is -2.26. The molecule has 0 radical (unpaired) electrons. The standard InChI is InChI=1S/C14H21FN2/c1-2-17-7-6-13(11-17)10-16-9-12-4-3-5-14(15)8-12/h3-5,8,13,16H,2,6-7,9-11H2,1H3. The van der Waals surface area contributed by atoms with Gasteiger partial charge >= 0.3 is 0 Å². The van der Waals surface area contributed by atoms with E-state index < -0.39 is 0 Å². The van der Waals surface area contributed by atoms with E-state index in [9.17, 15) is 4.39 Å². The quantitative estimate of drug-likeness (QED) is 0.843. The summed E-state index contributed by atoms with van der Waals surface area (Å²) >= 11 is 0. The second kappa shape index (κ2) is 6.12. The summed E-state index contributed by atoms with van der Waals surface area (Å²) in [4.78, 5) is 2.48. The monoisotopic (exact) mass is 236 g/mol. The lowest BCUT2D eigenvalue weighted by Gasteiger charge is -2.13. The van der Waals surface area contributed by atoms with Gasteiger partial charge in [0.05, 0.1) is 0 Å². The third-order valence-corrected chi connectivity index (χ3v) is 3.47. The van der Waals surface area contributed by atoms with Gasteiger partial charge in [-0.25, -0.2) is 4.39 Å². The fourth-order valence-corrected chi connectivity index (χ4v) is 2.43. The molecule has 2 rings (SSSR count). The summed E-state index contributed by atoms with van der Waals surface area (Å²) in [6, 6.07) is 6.81. The van der Waals surface area contributed by atoms with Gasteiger partial charge in [-0.1, -0.05) is 19.1 Å². The number of hydrogen-bond donors (Lipinski definition) is 1. The van der Waals surface area contributed by atoms with Crippen LogP contribution < -0.4 is 5.32 Å². The van der Waals surface area contributed by atoms with Gasteiger partial charge in [0.2, 0.25) is 0 Å². The Hall–Kier alpha value is -0.930. The number of nitrogens with one attached hydrogen (secondary N) is 1. The highest BCUT2D eigenvalue weighted by molar-refractivity contribution is 5.15. The fraction of sp³-hybridized carbons (Fsp3) is 0.571. The molecule has 0 spiro atoms. The zero-order valence-electron chi connectivity index (χ0n) is 10.5. The Labute approximate surface area is 103 Å². The van der Waals surface area contributed by atoms with Crippen LogP contribution in [0.5, 0.6) is 0 Å². The smallest absolute Gasteiger partial charge is 0.123 e. The van der Waals surface area contributed by atoms with Gasteiger partial charge in [0, 0.05) is 13.1 Å². The third-order valence-electron chi connectivity index (χ3n) is 3.47. The maximum Gasteiger partial charge on any atom is 0.123 e. The zero-order valence-corrected chi connectivity index (χ0v) is 10.5. The lowest BCUT2D eigenvalue weighted by molar-refractivity contribution is 0.339. The van der Waals surface area contributed by atoms with Crippen LogP contribution in [0.4, 0.5) is 4.39 Å². The number of halogens is 1. The molecule has 1 fully saturated rings. The molecule has 1 aliphatic rings. The summed E-state index contributed by atoms with van der Waals surface area (Å²) in [5, 5.41) is 3.42. The number of benzene rings is 1. The van der Waals surface area contributed by atoms with E-state index in [0.29, 0.717) is 0 Å². The Bertz CT molecular complexity index is 354. The van der Waals surface area contributed by atoms with Crippen LogP contribution in [-0.2, 0) is 6.54 Å². The predicted octanol–water partition coefficient (Wildman–Crippen LogP) is 2.26. The normalized spacial score (nSPS) is 20.9. The van der Waals surface area contributed by atoms with Crippen molar-refractivity contribution in [1.29, 1.82) is 0 Å². The summed E-state index contributed by atoms with van der Waals surface area (Å²) < 4.78 is 13.0. The van der Waals surface area contributed by atoms with E-state index in [-0.39, 0.29) is 5.82 Å². The highest BCUT2D eigenvalue weighted by Gasteiger charge is 2.20. The summed E-state index contributed by atoms with van der Waals surface area (Å²) in [5.74, 6) is 0.603. The maximum atomic E-state index is 13.0. The molecule has 0 bridgehead atoms. The van der Waals surface area contributed by atoms with Crippen molar-refractivity contribution in [2.24, 2.45) is 5.92 Å². The van der Waals surface area contributed by atoms with Gasteiger partial charge in [0.25, 0.3) is 0 Å². The first-order valence-corrected chi connectivity index (χ1v) is 6.45. The van der Waals surface area contributed by atoms with Gasteiger partial charge < -0.3 is 10.2 Å². The van der Waals surface area contributed by atoms with Crippen LogP contribution in [0.25, 0.3) is 0 Å². The molecule has 1 aliphatic heterocycles. The van der Waals surface area contributed by atoms with Gasteiger partial charge in [0.1, 0.15) is 5.82 Å². The molecular formula is C14H21FN2. The van der Waals surface area contributed by atoms with Crippen molar-refractivity contribution in [3.05, 3.63) is 35.6 Å². The van der Waals surface area contributed by atoms with Crippen molar-refractivity contribution >= 4 is 0 Å². The van der Waals surface area contributed by atoms with Crippen molar-refractivity contribution < 1.29 is 4.39 Å². The van der Waals surface area contributed by atoms with E-state index in [4.69, 9.17) is 0 Å². The molecular weight excluding hydrogens is 215 g/mol. The van der Waals surface area contributed by atoms with Gasteiger partial charge in [-0.05, 0) is 49.7 Å². The topological polar surface area (TPSA) is 15.3 Å². The van der Waals surface area contributed by atoms with E-state index in [1.165, 1.54) is 25.6 Å². The molecule has 94 valence electrons. The zero-order chi connectivity index (χ0) is 12.1. The van der Waals surface area contributed by atoms with Gasteiger partial charge in [-0.3, -0.25) is 0 Å². The van der Waals surface area contributed by atoms with Crippen LogP contribution in [0.1, 0.15) is 18.9 Å². The van der Waals surface area contributed by atoms with Gasteiger partial charge in [-0.2, -0.15) is 0 Å². The van der Waals surface area contributed by atoms with E-state index in [1.54, 1.807) is 12.1 Å². The summed E-state index contributed by atoms with van der Waals surface area (Å²) in [7, 11) is 0. The number of likely N-dealkylation sites (tertiary alicyclic amines) is 1. The van der Waals surface area contributed by atoms with Crippen molar-refractivity contribution in [3.63, 3.8) is 0 Å². The van der Waals surface area contributed by atoms with Crippen LogP contribution in [0.3, 0.4) is 0 Å². The molecule has 1 heterocycles. The van der Waals surface area contributed by atoms with Crippen LogP contribution >= 0.6 is 0 Å². The molecule has 0 aliphatic carbocycles. The van der Waals surface area contributed by atoms with Crippen molar-refractivity contribution in [2.75, 3.05) is 26.2 Å². The molecule has 1 aromatic carbocycles. The average Bonchev–Trinajstić information content (AvgIpc) is 2.77. The summed E-state index contributed by atoms with van der Waals surface area (Å²) in [6.45, 7) is 7.59. The minimum absolute atomic E-state index is 0.151. The Kier molecular flexibility index (Phi) is 4.51. The summed E-state index contributed by atoms with van der Waals surface area (Å²) in [5.41, 5.74) is 1.02. The molecule has 1 unspecified atom stereocenters. The molecule has 0 saturated carbocycles. The first-order valence-electron chi connectivity index (χ1n) is 6.45. The second-order valence-corrected chi connectivity index (χ2v) is 4.81. The maximum absolute atomic E-state index is 13.0. The summed E-state index contributed by atoms with van der Waals surface area (Å²) in [6.07, 6.45) is 1.28. The van der Waals surface area contributed by atoms with E-state index >= 15 is 0 Å². The first kappa shape index (κ1) is 12.5. The van der Waals surface area contributed by atoms with Crippen LogP contribution in [0, 0.1) is 11.7 Å². The Morgan fingerprint density at radius 2 is 2.35 bits per heavy atom. The second-order valence-electron chi connectivity index (χ2n) is 4.81. The Balaban J connectivity index is 1.70. The molecule has 17 heavy (non-hydrogen) atoms. The average molecular weight is 236 g/mol. The molecule has 1 saturated heterocycles. The SMILES string of the molecule is CCN1CCC(CNCc2cccc(F)c2)C1. The van der Waals surface area contributed by atoms with Crippen molar-refractivity contribution in [3.8, 4) is 0 Å². The predicted molar refractivity (Wildman–Crippen MR) is 68.3 cm³/mol. The minimum Gasteiger partial charge on any atom is -0.312 e. The molecule has 0 aromatic heterocycles. The molecule has 2 nitrogen and oxygen atoms in total. The van der Waals surface area contributed by atoms with Gasteiger partial charge in [-0.15, -0.1) is 0 Å². The molecule has 0 amide bonds. The highest BCUT2D eigenvalue weighted by atomic mass is 19.1. The number of hydrogen-bond acceptors (Lipinski definition) is 2.